The molecule has 8 heteroatoms. The van der Waals surface area contributed by atoms with Gasteiger partial charge in [-0.05, 0) is 42.7 Å². The highest BCUT2D eigenvalue weighted by Gasteiger charge is 2.25. The van der Waals surface area contributed by atoms with Crippen LogP contribution in [0.2, 0.25) is 0 Å². The van der Waals surface area contributed by atoms with Gasteiger partial charge in [-0.15, -0.1) is 0 Å². The minimum atomic E-state index is 0.284. The van der Waals surface area contributed by atoms with Gasteiger partial charge in [-0.2, -0.15) is 0 Å². The predicted octanol–water partition coefficient (Wildman–Crippen LogP) is 1.81. The first-order valence-electron chi connectivity index (χ1n) is 10.5. The number of aromatic nitrogens is 2. The van der Waals surface area contributed by atoms with Gasteiger partial charge in [0.05, 0.1) is 23.8 Å². The lowest BCUT2D eigenvalue weighted by Crippen LogP contribution is -2.87. The van der Waals surface area contributed by atoms with Crippen molar-refractivity contribution in [2.24, 2.45) is 10.7 Å². The Balaban J connectivity index is 1.36. The highest BCUT2D eigenvalue weighted by molar-refractivity contribution is 6.09. The number of hydrazine groups is 1. The van der Waals surface area contributed by atoms with Crippen molar-refractivity contribution in [2.45, 2.75) is 25.4 Å². The Morgan fingerprint density at radius 3 is 3.03 bits per heavy atom. The number of hydrogen-bond acceptors (Lipinski definition) is 7. The third kappa shape index (κ3) is 4.27. The van der Waals surface area contributed by atoms with Gasteiger partial charge in [0.25, 0.3) is 0 Å². The van der Waals surface area contributed by atoms with E-state index in [4.69, 9.17) is 20.4 Å². The Morgan fingerprint density at radius 1 is 1.26 bits per heavy atom. The molecule has 0 aliphatic carbocycles. The Kier molecular flexibility index (Phi) is 5.57. The summed E-state index contributed by atoms with van der Waals surface area (Å²) in [6, 6.07) is 14.7. The van der Waals surface area contributed by atoms with Crippen molar-refractivity contribution in [1.82, 2.24) is 15.5 Å². The maximum Gasteiger partial charge on any atom is 0.212 e. The van der Waals surface area contributed by atoms with Gasteiger partial charge in [-0.25, -0.2) is 15.4 Å². The summed E-state index contributed by atoms with van der Waals surface area (Å²) >= 11 is 0. The number of fused-ring (bicyclic) bond motifs is 2. The van der Waals surface area contributed by atoms with Gasteiger partial charge >= 0.3 is 0 Å². The lowest BCUT2D eigenvalue weighted by atomic mass is 10.1. The number of nitrogens with one attached hydrogen (secondary N) is 1. The van der Waals surface area contributed by atoms with E-state index in [9.17, 15) is 0 Å². The molecule has 5 rings (SSSR count). The van der Waals surface area contributed by atoms with E-state index in [2.05, 4.69) is 40.9 Å². The van der Waals surface area contributed by atoms with E-state index < -0.39 is 0 Å². The van der Waals surface area contributed by atoms with Gasteiger partial charge in [0.2, 0.25) is 5.82 Å². The van der Waals surface area contributed by atoms with Gasteiger partial charge in [-0.1, -0.05) is 17.7 Å². The minimum absolute atomic E-state index is 0.284. The average Bonchev–Trinajstić information content (AvgIpc) is 3.22. The molecule has 0 bridgehead atoms. The lowest BCUT2D eigenvalue weighted by molar-refractivity contribution is -0.626. The molecule has 0 saturated carbocycles. The molecule has 2 aliphatic rings. The summed E-state index contributed by atoms with van der Waals surface area (Å²) in [6.45, 7) is 2.22. The number of aliphatic imine (C=N–C) groups is 1. The zero-order valence-electron chi connectivity index (χ0n) is 17.2. The number of pyridine rings is 2. The summed E-state index contributed by atoms with van der Waals surface area (Å²) in [4.78, 5) is 14.0. The fourth-order valence-electron chi connectivity index (χ4n) is 3.90. The fourth-order valence-corrected chi connectivity index (χ4v) is 3.90. The standard InChI is InChI=1S/C23H25N7O/c24-13-18(14-26-19-7-10-31-11-8-19)21-5-6-22-23(27-21)30(29-28-22)15-16-3-4-20-17(12-16)2-1-9-25-20/h1-6,9,12-14,19,28-29H,7-8,10-11,15,24H2/p+1. The molecule has 1 saturated heterocycles. The number of ether oxygens (including phenoxy) is 1. The molecule has 2 aliphatic heterocycles. The molecule has 0 amide bonds. The van der Waals surface area contributed by atoms with Crippen molar-refractivity contribution < 1.29 is 10.2 Å². The molecule has 8 nitrogen and oxygen atoms in total. The number of quaternary nitrogens is 1. The third-order valence-corrected chi connectivity index (χ3v) is 5.64. The lowest BCUT2D eigenvalue weighted by Gasteiger charge is -2.18. The third-order valence-electron chi connectivity index (χ3n) is 5.64. The van der Waals surface area contributed by atoms with Crippen LogP contribution in [-0.2, 0) is 11.3 Å². The highest BCUT2D eigenvalue weighted by Crippen LogP contribution is 2.26. The number of nitrogens with two attached hydrogens (primary N) is 2. The van der Waals surface area contributed by atoms with E-state index in [-0.39, 0.29) is 6.04 Å². The molecule has 5 N–H and O–H groups in total. The molecule has 0 atom stereocenters. The number of anilines is 1. The molecular weight excluding hydrogens is 390 g/mol. The molecule has 3 aromatic rings. The summed E-state index contributed by atoms with van der Waals surface area (Å²) in [5, 5.41) is 3.17. The van der Waals surface area contributed by atoms with E-state index in [0.717, 1.165) is 59.7 Å². The van der Waals surface area contributed by atoms with E-state index in [1.807, 2.05) is 35.0 Å². The van der Waals surface area contributed by atoms with Gasteiger partial charge in [0.15, 0.2) is 5.69 Å². The Labute approximate surface area is 180 Å². The SMILES string of the molecule is NC=C(C=NC1CCOCC1)c1ccc2c(n1)N(Cc1ccc3ncccc3c1)N[NH2+]2. The Bertz CT molecular complexity index is 1140. The average molecular weight is 417 g/mol. The molecule has 1 aromatic carbocycles. The van der Waals surface area contributed by atoms with Crippen molar-refractivity contribution in [2.75, 3.05) is 18.2 Å². The number of hydrogen-bond donors (Lipinski definition) is 3. The molecule has 0 radical (unpaired) electrons. The maximum absolute atomic E-state index is 5.92. The van der Waals surface area contributed by atoms with Gasteiger partial charge in [0.1, 0.15) is 0 Å². The zero-order valence-corrected chi connectivity index (χ0v) is 17.2. The van der Waals surface area contributed by atoms with Crippen LogP contribution in [-0.4, -0.2) is 35.4 Å². The number of nitrogens with zero attached hydrogens (tertiary/aromatic N) is 4. The summed E-state index contributed by atoms with van der Waals surface area (Å²) in [7, 11) is 0. The van der Waals surface area contributed by atoms with Gasteiger partial charge in [-0.3, -0.25) is 9.98 Å². The van der Waals surface area contributed by atoms with Crippen LogP contribution in [0, 0.1) is 0 Å². The number of rotatable bonds is 5. The second kappa shape index (κ2) is 8.81. The summed E-state index contributed by atoms with van der Waals surface area (Å²) in [5.74, 6) is 0.877. The molecule has 4 heterocycles. The van der Waals surface area contributed by atoms with Crippen LogP contribution in [0.3, 0.4) is 0 Å². The van der Waals surface area contributed by atoms with Crippen molar-refractivity contribution in [1.29, 1.82) is 0 Å². The fraction of sp³-hybridized carbons (Fsp3) is 0.261. The first kappa shape index (κ1) is 19.6. The smallest absolute Gasteiger partial charge is 0.212 e. The zero-order chi connectivity index (χ0) is 21.0. The van der Waals surface area contributed by atoms with Gasteiger partial charge in [0, 0.05) is 48.9 Å². The first-order chi connectivity index (χ1) is 15.3. The molecule has 158 valence electrons. The van der Waals surface area contributed by atoms with Crippen LogP contribution in [0.15, 0.2) is 59.9 Å². The van der Waals surface area contributed by atoms with E-state index in [1.54, 1.807) is 6.20 Å². The van der Waals surface area contributed by atoms with Gasteiger partial charge < -0.3 is 10.5 Å². The number of benzene rings is 1. The largest absolute Gasteiger partial charge is 0.404 e. The molecule has 1 fully saturated rings. The minimum Gasteiger partial charge on any atom is -0.404 e. The van der Waals surface area contributed by atoms with Crippen LogP contribution in [0.4, 0.5) is 11.5 Å². The second-order valence-electron chi connectivity index (χ2n) is 7.74. The molecular formula is C23H26N7O+. The van der Waals surface area contributed by atoms with Crippen LogP contribution >= 0.6 is 0 Å². The highest BCUT2D eigenvalue weighted by atomic mass is 16.5. The van der Waals surface area contributed by atoms with Crippen molar-refractivity contribution >= 4 is 34.2 Å². The van der Waals surface area contributed by atoms with Crippen LogP contribution in [0.1, 0.15) is 24.1 Å². The van der Waals surface area contributed by atoms with Crippen LogP contribution in [0.25, 0.3) is 16.5 Å². The summed E-state index contributed by atoms with van der Waals surface area (Å²) in [5.41, 5.74) is 16.0. The van der Waals surface area contributed by atoms with E-state index in [1.165, 1.54) is 5.56 Å². The molecule has 0 spiro atoms. The topological polar surface area (TPSA) is 105 Å². The first-order valence-corrected chi connectivity index (χ1v) is 10.5. The van der Waals surface area contributed by atoms with Crippen LogP contribution < -0.4 is 21.7 Å². The Hall–Kier alpha value is -3.33. The molecule has 31 heavy (non-hydrogen) atoms. The molecule has 2 aromatic heterocycles. The quantitative estimate of drug-likeness (QED) is 0.433. The normalized spacial score (nSPS) is 17.5. The van der Waals surface area contributed by atoms with Crippen molar-refractivity contribution in [3.8, 4) is 0 Å². The summed E-state index contributed by atoms with van der Waals surface area (Å²) < 4.78 is 5.41. The molecule has 0 unspecified atom stereocenters. The second-order valence-corrected chi connectivity index (χ2v) is 7.74. The maximum atomic E-state index is 5.92. The Morgan fingerprint density at radius 2 is 2.16 bits per heavy atom. The van der Waals surface area contributed by atoms with Crippen LogP contribution in [0.5, 0.6) is 0 Å². The predicted molar refractivity (Wildman–Crippen MR) is 121 cm³/mol. The van der Waals surface area contributed by atoms with Crippen molar-refractivity contribution in [3.63, 3.8) is 0 Å². The number of allylic oxidation sites excluding steroid dienone is 1. The van der Waals surface area contributed by atoms with E-state index in [0.29, 0.717) is 6.54 Å². The van der Waals surface area contributed by atoms with E-state index >= 15 is 0 Å². The monoisotopic (exact) mass is 416 g/mol. The van der Waals surface area contributed by atoms with Crippen molar-refractivity contribution in [3.05, 3.63) is 66.1 Å². The summed E-state index contributed by atoms with van der Waals surface area (Å²) in [6.07, 6.45) is 7.12.